The number of aliphatic hydroxyl groups excluding tert-OH is 1. The van der Waals surface area contributed by atoms with Crippen molar-refractivity contribution < 1.29 is 36.9 Å². The Hall–Kier alpha value is -5.12. The molecule has 0 bridgehead atoms. The van der Waals surface area contributed by atoms with Crippen molar-refractivity contribution in [1.82, 2.24) is 3.97 Å². The predicted molar refractivity (Wildman–Crippen MR) is 251 cm³/mol. The Kier molecular flexibility index (Phi) is 15.2. The molecule has 7 rings (SSSR count). The maximum absolute atomic E-state index is 15.2. The summed E-state index contributed by atoms with van der Waals surface area (Å²) >= 11 is 0. The van der Waals surface area contributed by atoms with Crippen LogP contribution in [0.15, 0.2) is 156 Å². The topological polar surface area (TPSA) is 154 Å². The number of hydrogen-bond acceptors (Lipinski definition) is 9. The zero-order valence-corrected chi connectivity index (χ0v) is 38.9. The molecule has 0 saturated carbocycles. The summed E-state index contributed by atoms with van der Waals surface area (Å²) in [5.41, 5.74) is 13.7. The lowest BCUT2D eigenvalue weighted by molar-refractivity contribution is -0.264. The van der Waals surface area contributed by atoms with Crippen molar-refractivity contribution in [3.63, 3.8) is 0 Å². The summed E-state index contributed by atoms with van der Waals surface area (Å²) in [4.78, 5) is 3.28. The Labute approximate surface area is 377 Å². The highest BCUT2D eigenvalue weighted by molar-refractivity contribution is 7.90. The Balaban J connectivity index is 1.39. The summed E-state index contributed by atoms with van der Waals surface area (Å²) in [6.07, 6.45) is -5.47. The molecule has 6 aromatic rings. The molecule has 336 valence electrons. The van der Waals surface area contributed by atoms with Gasteiger partial charge in [-0.1, -0.05) is 153 Å². The highest BCUT2D eigenvalue weighted by Crippen LogP contribution is 2.43. The maximum atomic E-state index is 15.2. The van der Waals surface area contributed by atoms with Crippen molar-refractivity contribution in [1.29, 1.82) is 0 Å². The predicted octanol–water partition coefficient (Wildman–Crippen LogP) is 10.3. The molecule has 0 spiro atoms. The minimum absolute atomic E-state index is 0.0193. The second kappa shape index (κ2) is 20.8. The van der Waals surface area contributed by atoms with E-state index in [9.17, 15) is 10.6 Å². The van der Waals surface area contributed by atoms with Gasteiger partial charge >= 0.3 is 0 Å². The number of azide groups is 1. The molecule has 1 N–H and O–H groups in total. The largest absolute Gasteiger partial charge is 0.416 e. The van der Waals surface area contributed by atoms with E-state index < -0.39 is 54.9 Å². The smallest absolute Gasteiger partial charge is 0.268 e. The summed E-state index contributed by atoms with van der Waals surface area (Å²) in [6, 6.07) is 43.7. The van der Waals surface area contributed by atoms with E-state index in [1.807, 2.05) is 103 Å². The third-order valence-corrected chi connectivity index (χ3v) is 18.5. The van der Waals surface area contributed by atoms with E-state index in [-0.39, 0.29) is 55.1 Å². The lowest BCUT2D eigenvalue weighted by atomic mass is 9.90. The average Bonchev–Trinajstić information content (AvgIpc) is 3.62. The lowest BCUT2D eigenvalue weighted by Gasteiger charge is -2.45. The number of ether oxygens (including phenoxy) is 4. The first-order valence-electron chi connectivity index (χ1n) is 21.7. The third-order valence-electron chi connectivity index (χ3n) is 12.2. The van der Waals surface area contributed by atoms with Crippen LogP contribution in [0.3, 0.4) is 0 Å². The van der Waals surface area contributed by atoms with Crippen molar-refractivity contribution in [2.45, 2.75) is 107 Å². The van der Waals surface area contributed by atoms with Gasteiger partial charge in [-0.25, -0.2) is 12.4 Å². The first-order valence-corrected chi connectivity index (χ1v) is 26.0. The number of aromatic nitrogens is 1. The highest BCUT2D eigenvalue weighted by Gasteiger charge is 2.50. The van der Waals surface area contributed by atoms with Gasteiger partial charge in [0.15, 0.2) is 8.32 Å². The molecule has 2 heterocycles. The number of benzene rings is 5. The number of aliphatic hydroxyl groups is 1. The van der Waals surface area contributed by atoms with Gasteiger partial charge in [-0.15, -0.1) is 0 Å². The zero-order valence-electron chi connectivity index (χ0n) is 37.1. The van der Waals surface area contributed by atoms with Crippen LogP contribution < -0.4 is 0 Å². The molecule has 0 aliphatic carbocycles. The van der Waals surface area contributed by atoms with Crippen LogP contribution in [0.4, 0.5) is 0 Å². The van der Waals surface area contributed by atoms with Crippen LogP contribution in [0.2, 0.25) is 18.1 Å². The molecule has 1 fully saturated rings. The van der Waals surface area contributed by atoms with Crippen LogP contribution in [0, 0.1) is 0 Å². The van der Waals surface area contributed by atoms with Crippen molar-refractivity contribution in [2.75, 3.05) is 13.2 Å². The molecular formula is C50H58N4O8SSi. The Morgan fingerprint density at radius 3 is 1.84 bits per heavy atom. The van der Waals surface area contributed by atoms with E-state index in [2.05, 4.69) is 43.9 Å². The second-order valence-electron chi connectivity index (χ2n) is 17.7. The Morgan fingerprint density at radius 1 is 0.766 bits per heavy atom. The zero-order chi connectivity index (χ0) is 45.3. The molecule has 0 unspecified atom stereocenters. The summed E-state index contributed by atoms with van der Waals surface area (Å²) in [5, 5.41) is 17.6. The molecule has 1 saturated heterocycles. The first kappa shape index (κ1) is 46.9. The molecule has 5 aromatic carbocycles. The second-order valence-corrected chi connectivity index (χ2v) is 24.3. The Morgan fingerprint density at radius 2 is 1.28 bits per heavy atom. The molecule has 1 aliphatic heterocycles. The number of hydrogen-bond donors (Lipinski definition) is 1. The molecule has 1 aliphatic rings. The van der Waals surface area contributed by atoms with Crippen molar-refractivity contribution in [3.05, 3.63) is 184 Å². The minimum atomic E-state index is -4.36. The van der Waals surface area contributed by atoms with Crippen LogP contribution in [0.1, 0.15) is 54.8 Å². The van der Waals surface area contributed by atoms with Crippen molar-refractivity contribution in [2.24, 2.45) is 5.11 Å². The normalized spacial score (nSPS) is 19.9. The van der Waals surface area contributed by atoms with Crippen LogP contribution in [0.5, 0.6) is 0 Å². The van der Waals surface area contributed by atoms with Gasteiger partial charge in [-0.05, 0) is 70.5 Å². The summed E-state index contributed by atoms with van der Waals surface area (Å²) in [7, 11) is -6.68. The molecule has 6 atom stereocenters. The summed E-state index contributed by atoms with van der Waals surface area (Å²) in [6.45, 7) is 11.4. The third kappa shape index (κ3) is 10.9. The van der Waals surface area contributed by atoms with E-state index in [0.29, 0.717) is 16.5 Å². The quantitative estimate of drug-likeness (QED) is 0.0365. The van der Waals surface area contributed by atoms with Crippen LogP contribution in [-0.2, 0) is 59.6 Å². The number of fused-ring (bicyclic) bond motifs is 1. The lowest BCUT2D eigenvalue weighted by Crippen LogP contribution is -2.58. The minimum Gasteiger partial charge on any atom is -0.416 e. The Bertz CT molecular complexity index is 2590. The molecule has 0 amide bonds. The van der Waals surface area contributed by atoms with E-state index in [4.69, 9.17) is 23.4 Å². The van der Waals surface area contributed by atoms with Crippen LogP contribution in [-0.4, -0.2) is 69.5 Å². The molecule has 64 heavy (non-hydrogen) atoms. The van der Waals surface area contributed by atoms with Gasteiger partial charge in [0.1, 0.15) is 30.5 Å². The average molecular weight is 903 g/mol. The SMILES string of the molecule is CC(C)(C)[Si](C)(C)OC[C@H](Cc1c([C@@H]2O[C@@H](COCc3ccccc3)[C@H](OCc3ccccc3)[C@@H](OCc3ccccc3)[C@H]2O)n(S(=O)(=O)c2ccccc2)c2ccccc12)N=[N+]=[N-]. The van der Waals surface area contributed by atoms with E-state index in [0.717, 1.165) is 16.7 Å². The van der Waals surface area contributed by atoms with Gasteiger partial charge in [-0.3, -0.25) is 0 Å². The van der Waals surface area contributed by atoms with Gasteiger partial charge < -0.3 is 28.5 Å². The van der Waals surface area contributed by atoms with Gasteiger partial charge in [-0.2, -0.15) is 0 Å². The standard InChI is InChI=1S/C50H58N4O8SSi/c1-50(2,3)64(4,5)61-34-39(52-53-51)30-42-41-28-18-19-29-43(41)54(63(56,57)40-26-16-9-17-27-40)45(42)48-46(55)49(60-33-38-24-14-8-15-25-38)47(59-32-37-22-12-7-13-23-37)44(62-48)35-58-31-36-20-10-6-11-21-36/h6-29,39,44,46-49,55H,30-35H2,1-5H3/t39-,44-,46-,47-,48-,49-/m0/s1. The number of rotatable bonds is 19. The van der Waals surface area contributed by atoms with Gasteiger partial charge in [0.2, 0.25) is 0 Å². The van der Waals surface area contributed by atoms with E-state index >= 15 is 8.42 Å². The van der Waals surface area contributed by atoms with Gasteiger partial charge in [0.25, 0.3) is 10.0 Å². The van der Waals surface area contributed by atoms with Gasteiger partial charge in [0, 0.05) is 16.9 Å². The summed E-state index contributed by atoms with van der Waals surface area (Å²) < 4.78 is 65.1. The van der Waals surface area contributed by atoms with E-state index in [1.54, 1.807) is 42.5 Å². The molecular weight excluding hydrogens is 845 g/mol. The molecule has 14 heteroatoms. The highest BCUT2D eigenvalue weighted by atomic mass is 32.2. The van der Waals surface area contributed by atoms with E-state index in [1.165, 1.54) is 3.97 Å². The maximum Gasteiger partial charge on any atom is 0.268 e. The van der Waals surface area contributed by atoms with Crippen LogP contribution >= 0.6 is 0 Å². The van der Waals surface area contributed by atoms with Crippen LogP contribution in [0.25, 0.3) is 21.3 Å². The fourth-order valence-corrected chi connectivity index (χ4v) is 10.4. The first-order chi connectivity index (χ1) is 30.8. The van der Waals surface area contributed by atoms with Crippen molar-refractivity contribution >= 4 is 29.2 Å². The fraction of sp³-hybridized carbons (Fsp3) is 0.360. The molecule has 1 aromatic heterocycles. The fourth-order valence-electron chi connectivity index (χ4n) is 7.80. The summed E-state index contributed by atoms with van der Waals surface area (Å²) in [5.74, 6) is 0. The number of nitrogens with zero attached hydrogens (tertiary/aromatic N) is 4. The molecule has 0 radical (unpaired) electrons. The number of para-hydroxylation sites is 1. The molecule has 12 nitrogen and oxygen atoms in total. The monoisotopic (exact) mass is 902 g/mol. The van der Waals surface area contributed by atoms with Crippen molar-refractivity contribution in [3.8, 4) is 0 Å². The van der Waals surface area contributed by atoms with Gasteiger partial charge in [0.05, 0.1) is 48.6 Å².